The van der Waals surface area contributed by atoms with Gasteiger partial charge in [-0.05, 0) is 31.2 Å². The summed E-state index contributed by atoms with van der Waals surface area (Å²) in [6.07, 6.45) is 5.06. The van der Waals surface area contributed by atoms with E-state index in [1.807, 2.05) is 0 Å². The number of likely N-dealkylation sites (tertiary alicyclic amines) is 1. The van der Waals surface area contributed by atoms with E-state index in [1.165, 1.54) is 38.8 Å². The Labute approximate surface area is 110 Å². The number of hydrogen-bond donors (Lipinski definition) is 0. The zero-order valence-corrected chi connectivity index (χ0v) is 12.5. The summed E-state index contributed by atoms with van der Waals surface area (Å²) >= 11 is 0. The Balaban J connectivity index is 2.55. The van der Waals surface area contributed by atoms with E-state index >= 15 is 0 Å². The van der Waals surface area contributed by atoms with E-state index in [1.54, 1.807) is 0 Å². The standard InChI is InChI=1S/C15H30BN/c1-6-7-12(2)9-15(4,16)14-8-13(3)10-17(5)11-14/h12-14H,6-11H2,1-5H3. The third-order valence-electron chi connectivity index (χ3n) is 4.34. The van der Waals surface area contributed by atoms with Gasteiger partial charge in [-0.15, -0.1) is 0 Å². The van der Waals surface area contributed by atoms with Gasteiger partial charge in [0.2, 0.25) is 0 Å². The molecule has 0 aromatic heterocycles. The lowest BCUT2D eigenvalue weighted by atomic mass is 9.55. The number of piperidine rings is 1. The average Bonchev–Trinajstić information content (AvgIpc) is 2.15. The van der Waals surface area contributed by atoms with Gasteiger partial charge in [0.25, 0.3) is 0 Å². The third-order valence-corrected chi connectivity index (χ3v) is 4.34. The predicted octanol–water partition coefficient (Wildman–Crippen LogP) is 3.75. The second-order valence-corrected chi connectivity index (χ2v) is 6.86. The summed E-state index contributed by atoms with van der Waals surface area (Å²) in [4.78, 5) is 2.45. The Morgan fingerprint density at radius 1 is 1.41 bits per heavy atom. The minimum absolute atomic E-state index is 0.0114. The van der Waals surface area contributed by atoms with E-state index in [-0.39, 0.29) is 5.31 Å². The zero-order chi connectivity index (χ0) is 13.1. The Bertz CT molecular complexity index is 217. The van der Waals surface area contributed by atoms with Crippen LogP contribution in [0.3, 0.4) is 0 Å². The molecular weight excluding hydrogens is 205 g/mol. The van der Waals surface area contributed by atoms with Crippen molar-refractivity contribution in [1.82, 2.24) is 4.90 Å². The largest absolute Gasteiger partial charge is 0.306 e. The highest BCUT2D eigenvalue weighted by Gasteiger charge is 2.34. The maximum Gasteiger partial charge on any atom is 0.0747 e. The smallest absolute Gasteiger partial charge is 0.0747 e. The van der Waals surface area contributed by atoms with Crippen molar-refractivity contribution in [3.63, 3.8) is 0 Å². The summed E-state index contributed by atoms with van der Waals surface area (Å²) in [5, 5.41) is 0.0114. The molecule has 4 atom stereocenters. The van der Waals surface area contributed by atoms with Crippen molar-refractivity contribution in [3.05, 3.63) is 0 Å². The monoisotopic (exact) mass is 235 g/mol. The highest BCUT2D eigenvalue weighted by Crippen LogP contribution is 2.44. The SMILES string of the molecule is [B]C(C)(CC(C)CCC)C1CC(C)CN(C)C1. The van der Waals surface area contributed by atoms with Crippen molar-refractivity contribution in [3.8, 4) is 0 Å². The molecule has 1 aliphatic heterocycles. The molecule has 2 radical (unpaired) electrons. The highest BCUT2D eigenvalue weighted by atomic mass is 15.1. The van der Waals surface area contributed by atoms with Crippen LogP contribution < -0.4 is 0 Å². The Morgan fingerprint density at radius 2 is 2.06 bits per heavy atom. The molecule has 1 nitrogen and oxygen atoms in total. The molecule has 1 rings (SSSR count). The molecule has 0 amide bonds. The van der Waals surface area contributed by atoms with Crippen LogP contribution in [-0.2, 0) is 0 Å². The molecule has 0 bridgehead atoms. The molecule has 4 unspecified atom stereocenters. The fourth-order valence-corrected chi connectivity index (χ4v) is 3.61. The van der Waals surface area contributed by atoms with Gasteiger partial charge in [-0.2, -0.15) is 0 Å². The van der Waals surface area contributed by atoms with Crippen LogP contribution in [0.15, 0.2) is 0 Å². The van der Waals surface area contributed by atoms with Crippen molar-refractivity contribution in [2.45, 2.75) is 58.7 Å². The van der Waals surface area contributed by atoms with E-state index in [4.69, 9.17) is 7.85 Å². The second-order valence-electron chi connectivity index (χ2n) is 6.86. The van der Waals surface area contributed by atoms with E-state index in [2.05, 4.69) is 39.6 Å². The van der Waals surface area contributed by atoms with Crippen LogP contribution in [0.4, 0.5) is 0 Å². The van der Waals surface area contributed by atoms with Crippen molar-refractivity contribution in [2.24, 2.45) is 17.8 Å². The maximum absolute atomic E-state index is 6.62. The fourth-order valence-electron chi connectivity index (χ4n) is 3.61. The summed E-state index contributed by atoms with van der Waals surface area (Å²) in [5.41, 5.74) is 0. The highest BCUT2D eigenvalue weighted by molar-refractivity contribution is 6.15. The van der Waals surface area contributed by atoms with E-state index in [0.29, 0.717) is 5.92 Å². The van der Waals surface area contributed by atoms with Crippen LogP contribution in [0.1, 0.15) is 53.4 Å². The van der Waals surface area contributed by atoms with Gasteiger partial charge >= 0.3 is 0 Å². The summed E-state index contributed by atoms with van der Waals surface area (Å²) in [7, 11) is 8.85. The van der Waals surface area contributed by atoms with Gasteiger partial charge in [0.05, 0.1) is 7.85 Å². The number of hydrogen-bond acceptors (Lipinski definition) is 1. The van der Waals surface area contributed by atoms with Crippen LogP contribution >= 0.6 is 0 Å². The van der Waals surface area contributed by atoms with Crippen LogP contribution in [0, 0.1) is 17.8 Å². The van der Waals surface area contributed by atoms with Gasteiger partial charge in [-0.1, -0.05) is 52.3 Å². The topological polar surface area (TPSA) is 3.24 Å². The minimum Gasteiger partial charge on any atom is -0.306 e. The molecule has 98 valence electrons. The average molecular weight is 235 g/mol. The number of rotatable bonds is 5. The van der Waals surface area contributed by atoms with Crippen LogP contribution in [0.2, 0.25) is 5.31 Å². The van der Waals surface area contributed by atoms with Gasteiger partial charge in [0.15, 0.2) is 0 Å². The van der Waals surface area contributed by atoms with E-state index in [9.17, 15) is 0 Å². The predicted molar refractivity (Wildman–Crippen MR) is 77.6 cm³/mol. The molecule has 0 aliphatic carbocycles. The first-order chi connectivity index (χ1) is 7.85. The molecule has 0 saturated carbocycles. The third kappa shape index (κ3) is 4.65. The first kappa shape index (κ1) is 15.1. The van der Waals surface area contributed by atoms with Crippen molar-refractivity contribution >= 4 is 7.85 Å². The lowest BCUT2D eigenvalue weighted by Crippen LogP contribution is -2.42. The van der Waals surface area contributed by atoms with Gasteiger partial charge in [0.1, 0.15) is 0 Å². The molecule has 2 heteroatoms. The van der Waals surface area contributed by atoms with Gasteiger partial charge in [-0.25, -0.2) is 0 Å². The molecule has 1 heterocycles. The van der Waals surface area contributed by atoms with Gasteiger partial charge < -0.3 is 4.90 Å². The summed E-state index contributed by atoms with van der Waals surface area (Å²) in [6.45, 7) is 11.7. The van der Waals surface area contributed by atoms with Gasteiger partial charge in [0, 0.05) is 13.1 Å². The van der Waals surface area contributed by atoms with Gasteiger partial charge in [-0.3, -0.25) is 0 Å². The maximum atomic E-state index is 6.62. The van der Waals surface area contributed by atoms with Crippen molar-refractivity contribution in [1.29, 1.82) is 0 Å². The Morgan fingerprint density at radius 3 is 2.59 bits per heavy atom. The molecule has 1 fully saturated rings. The summed E-state index contributed by atoms with van der Waals surface area (Å²) in [5.74, 6) is 2.22. The van der Waals surface area contributed by atoms with E-state index in [0.717, 1.165) is 11.8 Å². The van der Waals surface area contributed by atoms with Crippen molar-refractivity contribution < 1.29 is 0 Å². The molecule has 1 aliphatic rings. The van der Waals surface area contributed by atoms with Crippen LogP contribution in [-0.4, -0.2) is 32.9 Å². The Hall–Kier alpha value is 0.0249. The summed E-state index contributed by atoms with van der Waals surface area (Å²) in [6, 6.07) is 0. The van der Waals surface area contributed by atoms with E-state index < -0.39 is 0 Å². The van der Waals surface area contributed by atoms with Crippen LogP contribution in [0.5, 0.6) is 0 Å². The summed E-state index contributed by atoms with van der Waals surface area (Å²) < 4.78 is 0. The minimum atomic E-state index is 0.0114. The lowest BCUT2D eigenvalue weighted by Gasteiger charge is -2.44. The first-order valence-electron chi connectivity index (χ1n) is 7.32. The fraction of sp³-hybridized carbons (Fsp3) is 1.00. The molecule has 0 aromatic rings. The lowest BCUT2D eigenvalue weighted by molar-refractivity contribution is 0.122. The van der Waals surface area contributed by atoms with Crippen molar-refractivity contribution in [2.75, 3.05) is 20.1 Å². The second kappa shape index (κ2) is 6.27. The molecule has 17 heavy (non-hydrogen) atoms. The molecule has 0 aromatic carbocycles. The normalized spacial score (nSPS) is 32.1. The molecule has 0 N–H and O–H groups in total. The zero-order valence-electron chi connectivity index (χ0n) is 12.5. The molecule has 1 saturated heterocycles. The quantitative estimate of drug-likeness (QED) is 0.656. The molecular formula is C15H30BN. The first-order valence-corrected chi connectivity index (χ1v) is 7.32. The Kier molecular flexibility index (Phi) is 5.56. The number of nitrogens with zero attached hydrogens (tertiary/aromatic N) is 1. The molecule has 0 spiro atoms. The van der Waals surface area contributed by atoms with Crippen LogP contribution in [0.25, 0.3) is 0 Å².